The highest BCUT2D eigenvalue weighted by Crippen LogP contribution is 2.41. The minimum atomic E-state index is -4.81. The first-order chi connectivity index (χ1) is 11.7. The van der Waals surface area contributed by atoms with Crippen molar-refractivity contribution in [2.75, 3.05) is 6.54 Å². The summed E-state index contributed by atoms with van der Waals surface area (Å²) in [6.07, 6.45) is -3.65. The molecule has 0 saturated carbocycles. The van der Waals surface area contributed by atoms with Gasteiger partial charge in [-0.15, -0.1) is 0 Å². The number of benzene rings is 2. The van der Waals surface area contributed by atoms with Crippen LogP contribution in [0.2, 0.25) is 5.02 Å². The van der Waals surface area contributed by atoms with E-state index in [1.54, 1.807) is 30.3 Å². The standard InChI is InChI=1S/C17H15ClF3NO2S/c18-13-8-9-16(14(11-13)17(19,20)21)25(23,24)22-10-4-7-15(22)12-5-2-1-3-6-12/h1-3,5-6,8-9,11,15H,4,7,10H2/t15-/m0/s1. The average molecular weight is 390 g/mol. The zero-order chi connectivity index (χ0) is 18.2. The van der Waals surface area contributed by atoms with Crippen LogP contribution in [-0.4, -0.2) is 19.3 Å². The number of halogens is 4. The molecule has 0 amide bonds. The molecule has 0 bridgehead atoms. The normalized spacial score (nSPS) is 19.3. The van der Waals surface area contributed by atoms with Gasteiger partial charge in [0, 0.05) is 11.6 Å². The maximum Gasteiger partial charge on any atom is 0.417 e. The molecule has 1 atom stereocenters. The van der Waals surface area contributed by atoms with Gasteiger partial charge in [0.15, 0.2) is 0 Å². The maximum atomic E-state index is 13.3. The summed E-state index contributed by atoms with van der Waals surface area (Å²) in [6.45, 7) is 0.182. The molecular formula is C17H15ClF3NO2S. The molecular weight excluding hydrogens is 375 g/mol. The Morgan fingerprint density at radius 3 is 2.40 bits per heavy atom. The molecule has 25 heavy (non-hydrogen) atoms. The third-order valence-corrected chi connectivity index (χ3v) is 6.42. The topological polar surface area (TPSA) is 37.4 Å². The van der Waals surface area contributed by atoms with E-state index in [9.17, 15) is 21.6 Å². The first-order valence-electron chi connectivity index (χ1n) is 7.65. The van der Waals surface area contributed by atoms with Gasteiger partial charge in [-0.25, -0.2) is 8.42 Å². The van der Waals surface area contributed by atoms with E-state index in [2.05, 4.69) is 0 Å². The third-order valence-electron chi connectivity index (χ3n) is 4.22. The molecule has 1 aliphatic heterocycles. The number of nitrogens with zero attached hydrogens (tertiary/aromatic N) is 1. The quantitative estimate of drug-likeness (QED) is 0.749. The third kappa shape index (κ3) is 3.54. The Balaban J connectivity index is 2.08. The predicted molar refractivity (Wildman–Crippen MR) is 88.8 cm³/mol. The number of hydrogen-bond acceptors (Lipinski definition) is 2. The fourth-order valence-corrected chi connectivity index (χ4v) is 5.16. The molecule has 8 heteroatoms. The SMILES string of the molecule is O=S(=O)(c1ccc(Cl)cc1C(F)(F)F)N1CCC[C@H]1c1ccccc1. The lowest BCUT2D eigenvalue weighted by Gasteiger charge is -2.26. The van der Waals surface area contributed by atoms with Crippen molar-refractivity contribution in [2.24, 2.45) is 0 Å². The van der Waals surface area contributed by atoms with E-state index in [4.69, 9.17) is 11.6 Å². The Bertz CT molecular complexity index is 869. The van der Waals surface area contributed by atoms with Gasteiger partial charge in [-0.3, -0.25) is 0 Å². The first kappa shape index (κ1) is 18.2. The molecule has 1 heterocycles. The molecule has 1 saturated heterocycles. The smallest absolute Gasteiger partial charge is 0.207 e. The van der Waals surface area contributed by atoms with Crippen LogP contribution in [0.1, 0.15) is 30.0 Å². The molecule has 1 aliphatic rings. The van der Waals surface area contributed by atoms with Crippen molar-refractivity contribution < 1.29 is 21.6 Å². The predicted octanol–water partition coefficient (Wildman–Crippen LogP) is 4.88. The van der Waals surface area contributed by atoms with Crippen molar-refractivity contribution in [1.29, 1.82) is 0 Å². The zero-order valence-corrected chi connectivity index (χ0v) is 14.6. The minimum absolute atomic E-state index is 0.160. The van der Waals surface area contributed by atoms with E-state index >= 15 is 0 Å². The number of hydrogen-bond donors (Lipinski definition) is 0. The first-order valence-corrected chi connectivity index (χ1v) is 9.46. The number of sulfonamides is 1. The Morgan fingerprint density at radius 2 is 1.76 bits per heavy atom. The lowest BCUT2D eigenvalue weighted by molar-refractivity contribution is -0.139. The minimum Gasteiger partial charge on any atom is -0.207 e. The van der Waals surface area contributed by atoms with Gasteiger partial charge in [-0.2, -0.15) is 17.5 Å². The van der Waals surface area contributed by atoms with E-state index < -0.39 is 32.7 Å². The summed E-state index contributed by atoms with van der Waals surface area (Å²) in [7, 11) is -4.31. The summed E-state index contributed by atoms with van der Waals surface area (Å²) in [6, 6.07) is 11.2. The van der Waals surface area contributed by atoms with Crippen LogP contribution in [0.4, 0.5) is 13.2 Å². The molecule has 1 fully saturated rings. The van der Waals surface area contributed by atoms with E-state index in [0.717, 1.165) is 22.0 Å². The van der Waals surface area contributed by atoms with Gasteiger partial charge >= 0.3 is 6.18 Å². The van der Waals surface area contributed by atoms with Crippen molar-refractivity contribution >= 4 is 21.6 Å². The van der Waals surface area contributed by atoms with E-state index in [0.29, 0.717) is 18.9 Å². The van der Waals surface area contributed by atoms with Crippen LogP contribution < -0.4 is 0 Å². The fourth-order valence-electron chi connectivity index (χ4n) is 3.11. The van der Waals surface area contributed by atoms with Crippen molar-refractivity contribution in [3.05, 3.63) is 64.7 Å². The fraction of sp³-hybridized carbons (Fsp3) is 0.294. The summed E-state index contributed by atoms with van der Waals surface area (Å²) < 4.78 is 67.1. The molecule has 0 aromatic heterocycles. The van der Waals surface area contributed by atoms with Gasteiger partial charge in [0.2, 0.25) is 10.0 Å². The van der Waals surface area contributed by atoms with Crippen LogP contribution in [0.25, 0.3) is 0 Å². The van der Waals surface area contributed by atoms with E-state index in [1.165, 1.54) is 0 Å². The van der Waals surface area contributed by atoms with E-state index in [-0.39, 0.29) is 11.6 Å². The van der Waals surface area contributed by atoms with Gasteiger partial charge in [0.25, 0.3) is 0 Å². The molecule has 0 spiro atoms. The van der Waals surface area contributed by atoms with Crippen LogP contribution in [0.3, 0.4) is 0 Å². The second kappa shape index (κ2) is 6.63. The zero-order valence-electron chi connectivity index (χ0n) is 13.0. The molecule has 134 valence electrons. The van der Waals surface area contributed by atoms with Crippen LogP contribution in [0.15, 0.2) is 53.4 Å². The molecule has 3 rings (SSSR count). The molecule has 2 aromatic rings. The average Bonchev–Trinajstić information content (AvgIpc) is 3.05. The Labute approximate surface area is 149 Å². The highest BCUT2D eigenvalue weighted by atomic mass is 35.5. The van der Waals surface area contributed by atoms with Gasteiger partial charge in [-0.1, -0.05) is 41.9 Å². The monoisotopic (exact) mass is 389 g/mol. The summed E-state index contributed by atoms with van der Waals surface area (Å²) in [5.41, 5.74) is -0.468. The van der Waals surface area contributed by atoms with Crippen LogP contribution in [-0.2, 0) is 16.2 Å². The largest absolute Gasteiger partial charge is 0.417 e. The molecule has 2 aromatic carbocycles. The highest BCUT2D eigenvalue weighted by molar-refractivity contribution is 7.89. The molecule has 3 nitrogen and oxygen atoms in total. The Morgan fingerprint density at radius 1 is 1.08 bits per heavy atom. The molecule has 0 aliphatic carbocycles. The maximum absolute atomic E-state index is 13.3. The van der Waals surface area contributed by atoms with Crippen molar-refractivity contribution in [2.45, 2.75) is 30.0 Å². The van der Waals surface area contributed by atoms with Crippen LogP contribution >= 0.6 is 11.6 Å². The van der Waals surface area contributed by atoms with Gasteiger partial charge < -0.3 is 0 Å². The highest BCUT2D eigenvalue weighted by Gasteiger charge is 2.42. The summed E-state index contributed by atoms with van der Waals surface area (Å²) in [5, 5.41) is -0.160. The summed E-state index contributed by atoms with van der Waals surface area (Å²) >= 11 is 5.65. The Hall–Kier alpha value is -1.57. The second-order valence-electron chi connectivity index (χ2n) is 5.82. The number of rotatable bonds is 3. The lowest BCUT2D eigenvalue weighted by atomic mass is 10.1. The van der Waals surface area contributed by atoms with Crippen molar-refractivity contribution in [1.82, 2.24) is 4.31 Å². The van der Waals surface area contributed by atoms with Crippen molar-refractivity contribution in [3.8, 4) is 0 Å². The van der Waals surface area contributed by atoms with E-state index in [1.807, 2.05) is 0 Å². The molecule has 0 unspecified atom stereocenters. The number of alkyl halides is 3. The second-order valence-corrected chi connectivity index (χ2v) is 8.12. The van der Waals surface area contributed by atoms with Crippen LogP contribution in [0, 0.1) is 0 Å². The summed E-state index contributed by atoms with van der Waals surface area (Å²) in [4.78, 5) is -0.757. The molecule has 0 N–H and O–H groups in total. The van der Waals surface area contributed by atoms with Gasteiger partial charge in [0.1, 0.15) is 0 Å². The van der Waals surface area contributed by atoms with Crippen molar-refractivity contribution in [3.63, 3.8) is 0 Å². The lowest BCUT2D eigenvalue weighted by Crippen LogP contribution is -2.32. The summed E-state index contributed by atoms with van der Waals surface area (Å²) in [5.74, 6) is 0. The Kier molecular flexibility index (Phi) is 4.83. The van der Waals surface area contributed by atoms with Gasteiger partial charge in [0.05, 0.1) is 16.5 Å². The van der Waals surface area contributed by atoms with Gasteiger partial charge in [-0.05, 0) is 36.6 Å². The molecule has 0 radical (unpaired) electrons. The van der Waals surface area contributed by atoms with Crippen LogP contribution in [0.5, 0.6) is 0 Å².